The maximum atomic E-state index is 12.9. The number of halogens is 2. The second-order valence-electron chi connectivity index (χ2n) is 12.8. The molecule has 1 heterocycles. The first-order chi connectivity index (χ1) is 18.8. The molecule has 0 aromatic heterocycles. The van der Waals surface area contributed by atoms with E-state index >= 15 is 0 Å². The van der Waals surface area contributed by atoms with Crippen molar-refractivity contribution < 1.29 is 14.3 Å². The Labute approximate surface area is 244 Å². The number of piperidine rings is 1. The van der Waals surface area contributed by atoms with E-state index < -0.39 is 0 Å². The number of ether oxygens (including phenoxy) is 1. The van der Waals surface area contributed by atoms with Gasteiger partial charge in [0.05, 0.1) is 0 Å². The Bertz CT molecular complexity index is 1070. The summed E-state index contributed by atoms with van der Waals surface area (Å²) in [5, 5.41) is 3.37. The van der Waals surface area contributed by atoms with E-state index in [1.807, 2.05) is 30.3 Å². The molecule has 1 amide bonds. The van der Waals surface area contributed by atoms with Gasteiger partial charge in [0, 0.05) is 48.6 Å². The van der Waals surface area contributed by atoms with Crippen LogP contribution in [0.2, 0.25) is 0 Å². The summed E-state index contributed by atoms with van der Waals surface area (Å²) in [7, 11) is 0. The van der Waals surface area contributed by atoms with Crippen molar-refractivity contribution in [3.05, 3.63) is 35.9 Å². The number of para-hydroxylation sites is 1. The Balaban J connectivity index is 1.21. The van der Waals surface area contributed by atoms with E-state index in [1.165, 1.54) is 19.3 Å². The highest BCUT2D eigenvalue weighted by molar-refractivity contribution is 6.18. The average Bonchev–Trinajstić information content (AvgIpc) is 2.91. The average molecular weight is 576 g/mol. The van der Waals surface area contributed by atoms with Gasteiger partial charge in [0.25, 0.3) is 0 Å². The number of carbonyl (C=O) groups excluding carboxylic acids is 2. The maximum absolute atomic E-state index is 12.9. The third-order valence-corrected chi connectivity index (χ3v) is 11.1. The quantitative estimate of drug-likeness (QED) is 0.210. The van der Waals surface area contributed by atoms with Gasteiger partial charge in [0.2, 0.25) is 5.91 Å². The van der Waals surface area contributed by atoms with Gasteiger partial charge < -0.3 is 15.0 Å². The number of fused-ring (bicyclic) bond motifs is 5. The van der Waals surface area contributed by atoms with Crippen molar-refractivity contribution in [2.24, 2.45) is 29.1 Å². The summed E-state index contributed by atoms with van der Waals surface area (Å²) >= 11 is 12.0. The molecule has 4 fully saturated rings. The molecule has 1 aromatic rings. The largest absolute Gasteiger partial charge is 0.459 e. The molecule has 5 nitrogen and oxygen atoms in total. The van der Waals surface area contributed by atoms with Crippen LogP contribution in [0, 0.1) is 29.1 Å². The number of anilines is 1. The smallest absolute Gasteiger partial charge is 0.331 e. The first-order valence-electron chi connectivity index (χ1n) is 14.9. The van der Waals surface area contributed by atoms with E-state index in [9.17, 15) is 9.59 Å². The van der Waals surface area contributed by atoms with Gasteiger partial charge in [-0.15, -0.1) is 23.2 Å². The molecular formula is C32H44Cl2N2O3. The van der Waals surface area contributed by atoms with Gasteiger partial charge in [-0.25, -0.2) is 4.79 Å². The van der Waals surface area contributed by atoms with Crippen molar-refractivity contribution >= 4 is 46.8 Å². The molecule has 3 unspecified atom stereocenters. The number of alkyl halides is 2. The Morgan fingerprint density at radius 1 is 1.05 bits per heavy atom. The van der Waals surface area contributed by atoms with Gasteiger partial charge in [0.1, 0.15) is 6.10 Å². The summed E-state index contributed by atoms with van der Waals surface area (Å²) in [6.07, 6.45) is 12.9. The number of nitrogens with one attached hydrogen (secondary N) is 1. The zero-order chi connectivity index (χ0) is 27.6. The lowest BCUT2D eigenvalue weighted by Gasteiger charge is -2.62. The van der Waals surface area contributed by atoms with E-state index in [2.05, 4.69) is 24.1 Å². The molecule has 0 bridgehead atoms. The highest BCUT2D eigenvalue weighted by Gasteiger charge is 2.58. The van der Waals surface area contributed by atoms with E-state index in [-0.39, 0.29) is 23.5 Å². The normalized spacial score (nSPS) is 35.9. The molecule has 39 heavy (non-hydrogen) atoms. The second kappa shape index (κ2) is 12.0. The maximum Gasteiger partial charge on any atom is 0.331 e. The summed E-state index contributed by atoms with van der Waals surface area (Å²) in [5.41, 5.74) is 2.26. The number of rotatable bonds is 8. The van der Waals surface area contributed by atoms with Crippen molar-refractivity contribution in [2.45, 2.75) is 83.3 Å². The van der Waals surface area contributed by atoms with Crippen molar-refractivity contribution in [1.29, 1.82) is 0 Å². The van der Waals surface area contributed by atoms with Gasteiger partial charge in [-0.2, -0.15) is 0 Å². The van der Waals surface area contributed by atoms with Gasteiger partial charge >= 0.3 is 5.97 Å². The van der Waals surface area contributed by atoms with Crippen molar-refractivity contribution in [3.63, 3.8) is 0 Å². The standard InChI is InChI=1S/C32H44Cl2N2O3/c1-31-15-13-24(39-30(38)12-7-22-5-3-4-6-28(22)36(19-17-33)20-18-34)21-23(31)8-9-25-26(31)14-16-32(2)27(25)10-11-29(37)35-32/h3-7,12,23-27H,8-11,13-21H2,1-2H3,(H,35,37)/b12-7-/t23?,24-,25+,26?,27?,31-,32-/m0/s1. The Hall–Kier alpha value is -1.72. The summed E-state index contributed by atoms with van der Waals surface area (Å²) in [4.78, 5) is 27.2. The van der Waals surface area contributed by atoms with Crippen LogP contribution in [0.5, 0.6) is 0 Å². The minimum atomic E-state index is -0.264. The molecule has 3 saturated carbocycles. The molecule has 1 aromatic carbocycles. The number of nitrogens with zero attached hydrogens (tertiary/aromatic N) is 1. The van der Waals surface area contributed by atoms with Crippen LogP contribution in [0.4, 0.5) is 5.69 Å². The minimum Gasteiger partial charge on any atom is -0.459 e. The molecule has 3 aliphatic carbocycles. The summed E-state index contributed by atoms with van der Waals surface area (Å²) in [5.74, 6) is 3.59. The molecular weight excluding hydrogens is 531 g/mol. The fourth-order valence-corrected chi connectivity index (χ4v) is 9.24. The fraction of sp³-hybridized carbons (Fsp3) is 0.688. The first kappa shape index (κ1) is 28.8. The van der Waals surface area contributed by atoms with Crippen LogP contribution < -0.4 is 10.2 Å². The number of benzene rings is 1. The van der Waals surface area contributed by atoms with Crippen LogP contribution in [0.1, 0.15) is 77.2 Å². The van der Waals surface area contributed by atoms with Gasteiger partial charge in [-0.1, -0.05) is 25.1 Å². The van der Waals surface area contributed by atoms with Gasteiger partial charge in [-0.05, 0) is 105 Å². The number of hydrogen-bond donors (Lipinski definition) is 1. The zero-order valence-electron chi connectivity index (χ0n) is 23.5. The third kappa shape index (κ3) is 5.86. The monoisotopic (exact) mass is 574 g/mol. The van der Waals surface area contributed by atoms with E-state index in [0.717, 1.165) is 43.4 Å². The lowest BCUT2D eigenvalue weighted by molar-refractivity contribution is -0.158. The fourth-order valence-electron chi connectivity index (χ4n) is 8.84. The SMILES string of the molecule is C[C@]12CC[C@H](OC(=O)/C=C\c3ccccc3N(CCCl)CCCl)CC1CC[C@@H]1C2CC[C@]2(C)NC(=O)CCC12. The number of amides is 1. The third-order valence-electron chi connectivity index (χ3n) is 10.8. The molecule has 214 valence electrons. The molecule has 7 heteroatoms. The predicted molar refractivity (Wildman–Crippen MR) is 159 cm³/mol. The molecule has 0 spiro atoms. The summed E-state index contributed by atoms with van der Waals surface area (Å²) in [6.45, 7) is 6.19. The molecule has 1 N–H and O–H groups in total. The van der Waals surface area contributed by atoms with E-state index in [0.29, 0.717) is 60.4 Å². The van der Waals surface area contributed by atoms with Crippen LogP contribution in [0.25, 0.3) is 6.08 Å². The number of esters is 1. The van der Waals surface area contributed by atoms with Crippen LogP contribution in [-0.4, -0.2) is 48.4 Å². The number of hydrogen-bond acceptors (Lipinski definition) is 4. The first-order valence-corrected chi connectivity index (χ1v) is 16.0. The summed E-state index contributed by atoms with van der Waals surface area (Å²) in [6, 6.07) is 8.01. The molecule has 7 atom stereocenters. The van der Waals surface area contributed by atoms with Crippen molar-refractivity contribution in [3.8, 4) is 0 Å². The molecule has 0 radical (unpaired) electrons. The second-order valence-corrected chi connectivity index (χ2v) is 13.5. The molecule has 5 rings (SSSR count). The Kier molecular flexibility index (Phi) is 8.88. The van der Waals surface area contributed by atoms with Crippen LogP contribution in [0.15, 0.2) is 30.3 Å². The lowest BCUT2D eigenvalue weighted by atomic mass is 9.45. The zero-order valence-corrected chi connectivity index (χ0v) is 25.0. The van der Waals surface area contributed by atoms with E-state index in [1.54, 1.807) is 6.08 Å². The highest BCUT2D eigenvalue weighted by Crippen LogP contribution is 2.62. The van der Waals surface area contributed by atoms with Crippen molar-refractivity contribution in [2.75, 3.05) is 29.7 Å². The van der Waals surface area contributed by atoms with Gasteiger partial charge in [0.15, 0.2) is 0 Å². The van der Waals surface area contributed by atoms with E-state index in [4.69, 9.17) is 27.9 Å². The van der Waals surface area contributed by atoms with Crippen LogP contribution in [-0.2, 0) is 14.3 Å². The number of carbonyl (C=O) groups is 2. The molecule has 1 saturated heterocycles. The minimum absolute atomic E-state index is 0.0150. The Morgan fingerprint density at radius 2 is 1.82 bits per heavy atom. The van der Waals surface area contributed by atoms with Crippen molar-refractivity contribution in [1.82, 2.24) is 5.32 Å². The Morgan fingerprint density at radius 3 is 2.59 bits per heavy atom. The highest BCUT2D eigenvalue weighted by atomic mass is 35.5. The van der Waals surface area contributed by atoms with Gasteiger partial charge in [-0.3, -0.25) is 4.79 Å². The molecule has 1 aliphatic heterocycles. The van der Waals surface area contributed by atoms with Crippen LogP contribution >= 0.6 is 23.2 Å². The lowest BCUT2D eigenvalue weighted by Crippen LogP contribution is -2.63. The summed E-state index contributed by atoms with van der Waals surface area (Å²) < 4.78 is 6.02. The molecule has 4 aliphatic rings. The topological polar surface area (TPSA) is 58.6 Å². The van der Waals surface area contributed by atoms with Crippen LogP contribution in [0.3, 0.4) is 0 Å². The predicted octanol–water partition coefficient (Wildman–Crippen LogP) is 6.81.